The molecule has 9 aromatic rings. The van der Waals surface area contributed by atoms with Gasteiger partial charge in [0.25, 0.3) is 0 Å². The summed E-state index contributed by atoms with van der Waals surface area (Å²) in [4.78, 5) is 1.75. The summed E-state index contributed by atoms with van der Waals surface area (Å²) in [5.41, 5.74) is 3.09. The summed E-state index contributed by atoms with van der Waals surface area (Å²) in [6.45, 7) is 0. The minimum atomic E-state index is -0.647. The quantitative estimate of drug-likeness (QED) is 0.179. The molecule has 0 aliphatic heterocycles. The van der Waals surface area contributed by atoms with E-state index < -0.39 is 53.9 Å². The summed E-state index contributed by atoms with van der Waals surface area (Å²) in [7, 11) is 0. The van der Waals surface area contributed by atoms with Crippen LogP contribution >= 0.6 is 0 Å². The maximum absolute atomic E-state index is 9.98. The van der Waals surface area contributed by atoms with Crippen LogP contribution in [0.3, 0.4) is 0 Å². The van der Waals surface area contributed by atoms with Crippen molar-refractivity contribution in [2.45, 2.75) is 0 Å². The highest BCUT2D eigenvalue weighted by atomic mass is 15.1. The van der Waals surface area contributed by atoms with Crippen LogP contribution in [0.2, 0.25) is 0 Å². The zero-order valence-electron chi connectivity index (χ0n) is 36.5. The van der Waals surface area contributed by atoms with Gasteiger partial charge in [-0.1, -0.05) is 133 Å². The topological polar surface area (TPSA) is 8.17 Å². The summed E-state index contributed by atoms with van der Waals surface area (Å²) in [5.74, 6) is 0. The van der Waals surface area contributed by atoms with Crippen LogP contribution in [0.25, 0.3) is 60.5 Å². The van der Waals surface area contributed by atoms with E-state index in [9.17, 15) is 6.85 Å². The highest BCUT2D eigenvalue weighted by Crippen LogP contribution is 2.41. The van der Waals surface area contributed by atoms with Crippen molar-refractivity contribution < 1.29 is 15.1 Å². The fourth-order valence-electron chi connectivity index (χ4n) is 6.20. The number of aromatic nitrogens is 1. The van der Waals surface area contributed by atoms with Crippen molar-refractivity contribution in [2.75, 3.05) is 4.90 Å². The smallest absolute Gasteiger partial charge is 0.0667 e. The first-order chi connectivity index (χ1) is 28.4. The number of para-hydroxylation sites is 2. The molecule has 0 amide bonds. The molecule has 2 heteroatoms. The van der Waals surface area contributed by atoms with E-state index in [1.807, 2.05) is 66.7 Å². The summed E-state index contributed by atoms with van der Waals surface area (Å²) >= 11 is 0. The van der Waals surface area contributed by atoms with Gasteiger partial charge in [0.15, 0.2) is 0 Å². The molecule has 0 saturated carbocycles. The van der Waals surface area contributed by atoms with Gasteiger partial charge < -0.3 is 9.47 Å². The minimum absolute atomic E-state index is 0.00133. The van der Waals surface area contributed by atoms with E-state index in [0.717, 1.165) is 21.9 Å². The number of rotatable bonds is 6. The summed E-state index contributed by atoms with van der Waals surface area (Å²) in [5, 5.41) is 2.22. The Labute approximate surface area is 295 Å². The lowest BCUT2D eigenvalue weighted by molar-refractivity contribution is 1.18. The second-order valence-corrected chi connectivity index (χ2v) is 11.4. The molecule has 0 saturated heterocycles. The van der Waals surface area contributed by atoms with Crippen LogP contribution in [0.1, 0.15) is 15.1 Å². The van der Waals surface area contributed by atoms with Crippen molar-refractivity contribution in [3.63, 3.8) is 0 Å². The Bertz CT molecular complexity index is 3140. The minimum Gasteiger partial charge on any atom is -0.310 e. The average Bonchev–Trinajstić information content (AvgIpc) is 3.64. The molecule has 0 N–H and O–H groups in total. The second-order valence-electron chi connectivity index (χ2n) is 11.4. The highest BCUT2D eigenvalue weighted by molar-refractivity contribution is 6.11. The van der Waals surface area contributed by atoms with Crippen molar-refractivity contribution >= 4 is 49.6 Å². The average molecular weight is 624 g/mol. The lowest BCUT2D eigenvalue weighted by atomic mass is 10.0. The third-order valence-corrected chi connectivity index (χ3v) is 8.48. The standard InChI is InChI=1S/C46H32N2/c1-4-12-33(13-5-1)38-24-28-43-44-29-27-42(32-46(44)48(45(43)31-38)40-18-8-3-9-19-40)47(39-16-6-2-7-17-39)41-25-22-35(23-26-41)37-21-20-34-14-10-11-15-36(34)30-37/h1-32H/i1D,4D,5D,12D,13D,24D,27D,28D,29D,31D,32D. The molecule has 1 heterocycles. The zero-order valence-corrected chi connectivity index (χ0v) is 25.5. The maximum Gasteiger partial charge on any atom is 0.0667 e. The molecule has 0 atom stereocenters. The van der Waals surface area contributed by atoms with Gasteiger partial charge in [0.2, 0.25) is 0 Å². The van der Waals surface area contributed by atoms with Gasteiger partial charge >= 0.3 is 0 Å². The molecule has 0 unspecified atom stereocenters. The van der Waals surface area contributed by atoms with E-state index in [4.69, 9.17) is 8.22 Å². The Morgan fingerprint density at radius 2 is 1.04 bits per heavy atom. The molecule has 0 aliphatic carbocycles. The molecule has 1 aromatic heterocycles. The third kappa shape index (κ3) is 4.92. The second kappa shape index (κ2) is 11.8. The van der Waals surface area contributed by atoms with Crippen LogP contribution in [0.4, 0.5) is 17.1 Å². The molecule has 0 bridgehead atoms. The lowest BCUT2D eigenvalue weighted by Gasteiger charge is -2.26. The number of hydrogen-bond acceptors (Lipinski definition) is 1. The molecule has 0 spiro atoms. The van der Waals surface area contributed by atoms with Crippen LogP contribution in [0.5, 0.6) is 0 Å². The summed E-state index contributed by atoms with van der Waals surface area (Å²) in [6, 6.07) is 34.7. The van der Waals surface area contributed by atoms with Gasteiger partial charge in [-0.15, -0.1) is 0 Å². The molecular weight excluding hydrogens is 581 g/mol. The molecule has 0 radical (unpaired) electrons. The Balaban J connectivity index is 1.35. The van der Waals surface area contributed by atoms with Crippen molar-refractivity contribution in [3.05, 3.63) is 194 Å². The van der Waals surface area contributed by atoms with Crippen molar-refractivity contribution in [2.24, 2.45) is 0 Å². The molecule has 0 fully saturated rings. The number of nitrogens with zero attached hydrogens (tertiary/aromatic N) is 2. The van der Waals surface area contributed by atoms with E-state index in [1.54, 1.807) is 39.8 Å². The number of fused-ring (bicyclic) bond motifs is 4. The monoisotopic (exact) mass is 623 g/mol. The Morgan fingerprint density at radius 1 is 0.417 bits per heavy atom. The van der Waals surface area contributed by atoms with Crippen LogP contribution in [0, 0.1) is 0 Å². The lowest BCUT2D eigenvalue weighted by Crippen LogP contribution is -2.10. The molecule has 2 nitrogen and oxygen atoms in total. The van der Waals surface area contributed by atoms with Crippen LogP contribution < -0.4 is 4.90 Å². The van der Waals surface area contributed by atoms with Gasteiger partial charge in [0, 0.05) is 33.5 Å². The van der Waals surface area contributed by atoms with Gasteiger partial charge in [0.1, 0.15) is 0 Å². The zero-order chi connectivity index (χ0) is 41.4. The summed E-state index contributed by atoms with van der Waals surface area (Å²) in [6.07, 6.45) is 0. The van der Waals surface area contributed by atoms with Gasteiger partial charge in [-0.05, 0) is 93.6 Å². The third-order valence-electron chi connectivity index (χ3n) is 8.48. The molecule has 48 heavy (non-hydrogen) atoms. The van der Waals surface area contributed by atoms with E-state index in [0.29, 0.717) is 17.1 Å². The molecule has 8 aromatic carbocycles. The first-order valence-electron chi connectivity index (χ1n) is 21.0. The Hall–Kier alpha value is -6.38. The van der Waals surface area contributed by atoms with Crippen LogP contribution in [-0.2, 0) is 0 Å². The molecule has 0 aliphatic rings. The molecule has 226 valence electrons. The van der Waals surface area contributed by atoms with Crippen molar-refractivity contribution in [3.8, 4) is 27.9 Å². The van der Waals surface area contributed by atoms with E-state index in [-0.39, 0.29) is 51.2 Å². The first kappa shape index (κ1) is 18.7. The first-order valence-corrected chi connectivity index (χ1v) is 15.5. The Morgan fingerprint density at radius 3 is 1.81 bits per heavy atom. The SMILES string of the molecule is [2H]c1c([2H])c([2H])c(-c2c([2H])c([2H])c3c4c([2H])c([2H])c(N(c5ccccc5)c5ccc(-c6ccc7ccccc7c6)cc5)c([2H])c4n(-c4ccccc4)c3c2[2H])c([2H])c1[2H]. The largest absolute Gasteiger partial charge is 0.310 e. The van der Waals surface area contributed by atoms with Crippen LogP contribution in [0.15, 0.2) is 194 Å². The van der Waals surface area contributed by atoms with Crippen molar-refractivity contribution in [1.29, 1.82) is 0 Å². The highest BCUT2D eigenvalue weighted by Gasteiger charge is 2.18. The molecular formula is C46H32N2. The maximum atomic E-state index is 9.98. The number of anilines is 3. The van der Waals surface area contributed by atoms with Crippen LogP contribution in [-0.4, -0.2) is 4.57 Å². The number of benzene rings is 8. The Kier molecular flexibility index (Phi) is 4.58. The fourth-order valence-corrected chi connectivity index (χ4v) is 6.20. The van der Waals surface area contributed by atoms with Gasteiger partial charge in [0.05, 0.1) is 26.1 Å². The normalized spacial score (nSPS) is 14.5. The van der Waals surface area contributed by atoms with E-state index >= 15 is 0 Å². The number of hydrogen-bond donors (Lipinski definition) is 0. The van der Waals surface area contributed by atoms with E-state index in [2.05, 4.69) is 30.3 Å². The fraction of sp³-hybridized carbons (Fsp3) is 0. The van der Waals surface area contributed by atoms with Gasteiger partial charge in [-0.25, -0.2) is 0 Å². The predicted molar refractivity (Wildman–Crippen MR) is 204 cm³/mol. The van der Waals surface area contributed by atoms with Gasteiger partial charge in [-0.3, -0.25) is 0 Å². The molecule has 9 rings (SSSR count). The van der Waals surface area contributed by atoms with E-state index in [1.165, 1.54) is 0 Å². The predicted octanol–water partition coefficient (Wildman–Crippen LogP) is 12.7. The van der Waals surface area contributed by atoms with Gasteiger partial charge in [-0.2, -0.15) is 0 Å². The summed E-state index contributed by atoms with van der Waals surface area (Å²) < 4.78 is 101. The van der Waals surface area contributed by atoms with Crippen molar-refractivity contribution in [1.82, 2.24) is 4.57 Å².